The molecule has 2 aromatic rings. The fraction of sp³-hybridized carbons (Fsp3) is 0. The summed E-state index contributed by atoms with van der Waals surface area (Å²) in [6.45, 7) is 0. The Bertz CT molecular complexity index is 563. The lowest BCUT2D eigenvalue weighted by Crippen LogP contribution is -1.94. The molecule has 1 aromatic carbocycles. The standard InChI is InChI=1S/C9H6FNO3S/c10-15(12,13)9-4-2-1-3-8(9)7-5-11-14-6-7/h1-6H. The fourth-order valence-electron chi connectivity index (χ4n) is 1.26. The second kappa shape index (κ2) is 3.47. The van der Waals surface area contributed by atoms with Gasteiger partial charge in [0.05, 0.1) is 6.20 Å². The molecular weight excluding hydrogens is 221 g/mol. The van der Waals surface area contributed by atoms with Crippen LogP contribution in [0.4, 0.5) is 3.89 Å². The van der Waals surface area contributed by atoms with Crippen molar-refractivity contribution in [2.75, 3.05) is 0 Å². The van der Waals surface area contributed by atoms with Gasteiger partial charge in [-0.3, -0.25) is 0 Å². The summed E-state index contributed by atoms with van der Waals surface area (Å²) >= 11 is 0. The topological polar surface area (TPSA) is 60.2 Å². The maximum atomic E-state index is 12.9. The summed E-state index contributed by atoms with van der Waals surface area (Å²) in [5, 5.41) is 3.43. The molecule has 0 atom stereocenters. The molecule has 78 valence electrons. The van der Waals surface area contributed by atoms with E-state index in [-0.39, 0.29) is 10.5 Å². The van der Waals surface area contributed by atoms with Gasteiger partial charge >= 0.3 is 10.2 Å². The quantitative estimate of drug-likeness (QED) is 0.736. The molecule has 0 unspecified atom stereocenters. The van der Waals surface area contributed by atoms with E-state index in [0.29, 0.717) is 5.56 Å². The number of hydrogen-bond acceptors (Lipinski definition) is 4. The Kier molecular flexibility index (Phi) is 2.28. The van der Waals surface area contributed by atoms with Crippen molar-refractivity contribution in [1.82, 2.24) is 5.16 Å². The molecule has 2 rings (SSSR count). The third-order valence-electron chi connectivity index (χ3n) is 1.89. The van der Waals surface area contributed by atoms with Gasteiger partial charge < -0.3 is 4.52 Å². The largest absolute Gasteiger partial charge is 0.364 e. The van der Waals surface area contributed by atoms with Gasteiger partial charge in [0, 0.05) is 11.1 Å². The average Bonchev–Trinajstić information content (AvgIpc) is 2.69. The van der Waals surface area contributed by atoms with E-state index in [2.05, 4.69) is 9.68 Å². The van der Waals surface area contributed by atoms with E-state index in [1.807, 2.05) is 0 Å². The van der Waals surface area contributed by atoms with Crippen molar-refractivity contribution in [3.63, 3.8) is 0 Å². The predicted octanol–water partition coefficient (Wildman–Crippen LogP) is 2.00. The fourth-order valence-corrected chi connectivity index (χ4v) is 1.95. The van der Waals surface area contributed by atoms with Crippen molar-refractivity contribution < 1.29 is 16.8 Å². The van der Waals surface area contributed by atoms with Crippen LogP contribution in [-0.4, -0.2) is 13.6 Å². The molecule has 15 heavy (non-hydrogen) atoms. The molecule has 0 aliphatic rings. The number of aromatic nitrogens is 1. The van der Waals surface area contributed by atoms with E-state index in [0.717, 1.165) is 0 Å². The second-order valence-corrected chi connectivity index (χ2v) is 4.16. The first-order valence-corrected chi connectivity index (χ1v) is 5.41. The first-order valence-electron chi connectivity index (χ1n) is 4.02. The van der Waals surface area contributed by atoms with Crippen molar-refractivity contribution in [2.24, 2.45) is 0 Å². The lowest BCUT2D eigenvalue weighted by Gasteiger charge is -2.01. The van der Waals surface area contributed by atoms with E-state index in [1.165, 1.54) is 30.7 Å². The van der Waals surface area contributed by atoms with Crippen LogP contribution in [0.3, 0.4) is 0 Å². The summed E-state index contributed by atoms with van der Waals surface area (Å²) in [6.07, 6.45) is 2.58. The Morgan fingerprint density at radius 2 is 2.00 bits per heavy atom. The van der Waals surface area contributed by atoms with Crippen molar-refractivity contribution >= 4 is 10.2 Å². The molecule has 0 amide bonds. The number of nitrogens with zero attached hydrogens (tertiary/aromatic N) is 1. The normalized spacial score (nSPS) is 11.5. The van der Waals surface area contributed by atoms with Gasteiger partial charge in [0.15, 0.2) is 0 Å². The molecule has 0 N–H and O–H groups in total. The van der Waals surface area contributed by atoms with Gasteiger partial charge in [-0.25, -0.2) is 0 Å². The third kappa shape index (κ3) is 1.89. The molecule has 0 radical (unpaired) electrons. The van der Waals surface area contributed by atoms with Gasteiger partial charge in [-0.2, -0.15) is 8.42 Å². The Hall–Kier alpha value is -1.69. The van der Waals surface area contributed by atoms with Crippen LogP contribution in [-0.2, 0) is 10.2 Å². The zero-order chi connectivity index (χ0) is 10.9. The van der Waals surface area contributed by atoms with Gasteiger partial charge in [0.2, 0.25) is 0 Å². The summed E-state index contributed by atoms with van der Waals surface area (Å²) in [4.78, 5) is -0.381. The van der Waals surface area contributed by atoms with E-state index < -0.39 is 10.2 Å². The van der Waals surface area contributed by atoms with Crippen molar-refractivity contribution in [1.29, 1.82) is 0 Å². The van der Waals surface area contributed by atoms with Crippen LogP contribution >= 0.6 is 0 Å². The van der Waals surface area contributed by atoms with Gasteiger partial charge in [-0.15, -0.1) is 3.89 Å². The third-order valence-corrected chi connectivity index (χ3v) is 2.77. The molecule has 0 aliphatic heterocycles. The van der Waals surface area contributed by atoms with Gasteiger partial charge in [0.1, 0.15) is 11.2 Å². The van der Waals surface area contributed by atoms with E-state index in [1.54, 1.807) is 6.07 Å². The highest BCUT2D eigenvalue weighted by Gasteiger charge is 2.18. The van der Waals surface area contributed by atoms with Crippen LogP contribution in [0, 0.1) is 0 Å². The first-order chi connectivity index (χ1) is 7.09. The molecule has 6 heteroatoms. The monoisotopic (exact) mass is 227 g/mol. The summed E-state index contributed by atoms with van der Waals surface area (Å²) in [5.74, 6) is 0. The SMILES string of the molecule is O=S(=O)(F)c1ccccc1-c1cnoc1. The van der Waals surface area contributed by atoms with Crippen LogP contribution in [0.5, 0.6) is 0 Å². The predicted molar refractivity (Wildman–Crippen MR) is 50.2 cm³/mol. The van der Waals surface area contributed by atoms with E-state index >= 15 is 0 Å². The lowest BCUT2D eigenvalue weighted by molar-refractivity contribution is 0.420. The number of benzene rings is 1. The molecule has 0 fully saturated rings. The van der Waals surface area contributed by atoms with Crippen molar-refractivity contribution in [3.8, 4) is 11.1 Å². The number of rotatable bonds is 2. The Morgan fingerprint density at radius 3 is 2.60 bits per heavy atom. The van der Waals surface area contributed by atoms with Gasteiger partial charge in [-0.05, 0) is 6.07 Å². The van der Waals surface area contributed by atoms with Crippen molar-refractivity contribution in [2.45, 2.75) is 4.90 Å². The maximum Gasteiger partial charge on any atom is 0.332 e. The minimum atomic E-state index is -4.73. The Balaban J connectivity index is 2.68. The number of halogens is 1. The smallest absolute Gasteiger partial charge is 0.332 e. The highest BCUT2D eigenvalue weighted by molar-refractivity contribution is 7.86. The second-order valence-electron chi connectivity index (χ2n) is 2.85. The minimum absolute atomic E-state index is 0.237. The zero-order valence-electron chi connectivity index (χ0n) is 7.42. The molecule has 4 nitrogen and oxygen atoms in total. The molecule has 1 aromatic heterocycles. The molecular formula is C9H6FNO3S. The highest BCUT2D eigenvalue weighted by atomic mass is 32.3. The average molecular weight is 227 g/mol. The Morgan fingerprint density at radius 1 is 1.27 bits per heavy atom. The van der Waals surface area contributed by atoms with Crippen molar-refractivity contribution in [3.05, 3.63) is 36.7 Å². The summed E-state index contributed by atoms with van der Waals surface area (Å²) in [6, 6.07) is 5.73. The molecule has 0 saturated heterocycles. The van der Waals surface area contributed by atoms with Crippen LogP contribution in [0.25, 0.3) is 11.1 Å². The molecule has 0 spiro atoms. The lowest BCUT2D eigenvalue weighted by atomic mass is 10.1. The highest BCUT2D eigenvalue weighted by Crippen LogP contribution is 2.27. The molecule has 0 aliphatic carbocycles. The Labute approximate surface area is 85.5 Å². The summed E-state index contributed by atoms with van der Waals surface area (Å²) in [7, 11) is -4.73. The molecule has 0 bridgehead atoms. The van der Waals surface area contributed by atoms with Crippen LogP contribution in [0.1, 0.15) is 0 Å². The van der Waals surface area contributed by atoms with Crippen LogP contribution < -0.4 is 0 Å². The van der Waals surface area contributed by atoms with Gasteiger partial charge in [-0.1, -0.05) is 23.4 Å². The molecule has 1 heterocycles. The first kappa shape index (κ1) is 9.85. The number of hydrogen-bond donors (Lipinski definition) is 0. The zero-order valence-corrected chi connectivity index (χ0v) is 8.24. The van der Waals surface area contributed by atoms with Crippen LogP contribution in [0.15, 0.2) is 46.1 Å². The molecule has 0 saturated carbocycles. The minimum Gasteiger partial charge on any atom is -0.364 e. The van der Waals surface area contributed by atoms with Crippen LogP contribution in [0.2, 0.25) is 0 Å². The van der Waals surface area contributed by atoms with E-state index in [4.69, 9.17) is 0 Å². The summed E-state index contributed by atoms with van der Waals surface area (Å²) in [5.41, 5.74) is 0.660. The summed E-state index contributed by atoms with van der Waals surface area (Å²) < 4.78 is 39.1. The van der Waals surface area contributed by atoms with E-state index in [9.17, 15) is 12.3 Å². The maximum absolute atomic E-state index is 12.9. The van der Waals surface area contributed by atoms with Gasteiger partial charge in [0.25, 0.3) is 0 Å².